The molecule has 0 spiro atoms. The number of ether oxygens (including phenoxy) is 1. The van der Waals surface area contributed by atoms with Crippen LogP contribution in [-0.2, 0) is 4.74 Å². The highest BCUT2D eigenvalue weighted by molar-refractivity contribution is 14.1. The van der Waals surface area contributed by atoms with Gasteiger partial charge in [-0.1, -0.05) is 0 Å². The zero-order chi connectivity index (χ0) is 11.8. The molecule has 0 aliphatic rings. The van der Waals surface area contributed by atoms with Crippen LogP contribution in [0, 0.1) is 2.88 Å². The lowest BCUT2D eigenvalue weighted by Crippen LogP contribution is -2.32. The van der Waals surface area contributed by atoms with Gasteiger partial charge in [0.05, 0.1) is 15.1 Å². The summed E-state index contributed by atoms with van der Waals surface area (Å²) in [6.07, 6.45) is 0. The molecule has 7 heteroatoms. The van der Waals surface area contributed by atoms with E-state index in [9.17, 15) is 4.79 Å². The average Bonchev–Trinajstić information content (AvgIpc) is 2.70. The molecule has 1 rings (SSSR count). The first-order chi connectivity index (χ1) is 7.74. The summed E-state index contributed by atoms with van der Waals surface area (Å²) in [5.74, 6) is -0.00675. The van der Waals surface area contributed by atoms with E-state index in [0.29, 0.717) is 13.2 Å². The van der Waals surface area contributed by atoms with Crippen molar-refractivity contribution < 1.29 is 9.53 Å². The molecule has 2 N–H and O–H groups in total. The van der Waals surface area contributed by atoms with Crippen molar-refractivity contribution in [1.29, 1.82) is 0 Å². The van der Waals surface area contributed by atoms with Crippen molar-refractivity contribution in [1.82, 2.24) is 10.6 Å². The van der Waals surface area contributed by atoms with Crippen LogP contribution in [0.1, 0.15) is 10.4 Å². The summed E-state index contributed by atoms with van der Waals surface area (Å²) in [5.41, 5.74) is 0.742. The summed E-state index contributed by atoms with van der Waals surface area (Å²) >= 11 is 3.78. The third-order valence-electron chi connectivity index (χ3n) is 1.90. The Morgan fingerprint density at radius 2 is 2.24 bits per heavy atom. The van der Waals surface area contributed by atoms with Crippen molar-refractivity contribution in [2.24, 2.45) is 0 Å². The Bertz CT molecular complexity index is 336. The quantitative estimate of drug-likeness (QED) is 0.551. The summed E-state index contributed by atoms with van der Waals surface area (Å²) in [6.45, 7) is 2.89. The molecule has 1 aromatic heterocycles. The molecular formula is C10H16ClIN2O2S. The first-order valence-electron chi connectivity index (χ1n) is 4.96. The molecule has 1 amide bonds. The molecule has 0 saturated carbocycles. The summed E-state index contributed by atoms with van der Waals surface area (Å²) < 4.78 is 6.02. The van der Waals surface area contributed by atoms with E-state index in [-0.39, 0.29) is 18.3 Å². The molecule has 0 bridgehead atoms. The van der Waals surface area contributed by atoms with Crippen molar-refractivity contribution >= 4 is 52.2 Å². The number of carbonyl (C=O) groups excluding carboxylic acids is 1. The molecule has 1 heterocycles. The van der Waals surface area contributed by atoms with Gasteiger partial charge in [-0.3, -0.25) is 4.79 Å². The van der Waals surface area contributed by atoms with Crippen LogP contribution in [0.2, 0.25) is 0 Å². The van der Waals surface area contributed by atoms with E-state index in [1.807, 2.05) is 11.4 Å². The number of nitrogens with one attached hydrogen (secondary N) is 2. The highest BCUT2D eigenvalue weighted by Gasteiger charge is 2.06. The molecule has 0 radical (unpaired) electrons. The summed E-state index contributed by atoms with van der Waals surface area (Å²) in [7, 11) is 1.67. The number of hydrogen-bond donors (Lipinski definition) is 2. The van der Waals surface area contributed by atoms with Crippen LogP contribution >= 0.6 is 46.3 Å². The van der Waals surface area contributed by atoms with Gasteiger partial charge in [0.1, 0.15) is 0 Å². The van der Waals surface area contributed by atoms with Crippen molar-refractivity contribution in [3.63, 3.8) is 0 Å². The zero-order valence-corrected chi connectivity index (χ0v) is 13.3. The van der Waals surface area contributed by atoms with Gasteiger partial charge in [0.2, 0.25) is 0 Å². The second-order valence-electron chi connectivity index (χ2n) is 3.14. The Balaban J connectivity index is 0.00000256. The maximum Gasteiger partial charge on any atom is 0.252 e. The molecule has 17 heavy (non-hydrogen) atoms. The molecule has 1 aromatic rings. The molecule has 98 valence electrons. The molecular weight excluding hydrogens is 375 g/mol. The van der Waals surface area contributed by atoms with Crippen LogP contribution in [0.5, 0.6) is 0 Å². The lowest BCUT2D eigenvalue weighted by atomic mass is 10.3. The van der Waals surface area contributed by atoms with Crippen LogP contribution in [0.3, 0.4) is 0 Å². The molecule has 0 fully saturated rings. The standard InChI is InChI=1S/C10H15IN2O2S.ClH/c1-15-5-4-12-2-3-13-10(14)8-6-9(11)16-7-8;/h6-7,12H,2-5H2,1H3,(H,13,14);1H. The maximum absolute atomic E-state index is 11.6. The zero-order valence-electron chi connectivity index (χ0n) is 9.49. The normalized spacial score (nSPS) is 9.76. The van der Waals surface area contributed by atoms with Crippen molar-refractivity contribution in [2.75, 3.05) is 33.4 Å². The minimum Gasteiger partial charge on any atom is -0.383 e. The first kappa shape index (κ1) is 17.1. The van der Waals surface area contributed by atoms with E-state index >= 15 is 0 Å². The second kappa shape index (κ2) is 10.1. The van der Waals surface area contributed by atoms with Crippen LogP contribution < -0.4 is 10.6 Å². The van der Waals surface area contributed by atoms with Gasteiger partial charge in [0, 0.05) is 32.1 Å². The minimum atomic E-state index is -0.00675. The van der Waals surface area contributed by atoms with E-state index in [1.54, 1.807) is 18.4 Å². The fourth-order valence-corrected chi connectivity index (χ4v) is 2.42. The van der Waals surface area contributed by atoms with Crippen molar-refractivity contribution in [3.8, 4) is 0 Å². The molecule has 0 saturated heterocycles. The van der Waals surface area contributed by atoms with Crippen molar-refractivity contribution in [2.45, 2.75) is 0 Å². The van der Waals surface area contributed by atoms with Crippen molar-refractivity contribution in [3.05, 3.63) is 19.9 Å². The van der Waals surface area contributed by atoms with E-state index in [4.69, 9.17) is 4.74 Å². The van der Waals surface area contributed by atoms with Gasteiger partial charge in [0.25, 0.3) is 5.91 Å². The number of thiophene rings is 1. The van der Waals surface area contributed by atoms with E-state index in [1.165, 1.54) is 0 Å². The van der Waals surface area contributed by atoms with Crippen LogP contribution in [0.15, 0.2) is 11.4 Å². The van der Waals surface area contributed by atoms with Gasteiger partial charge >= 0.3 is 0 Å². The fourth-order valence-electron chi connectivity index (χ4n) is 1.09. The Labute approximate surface area is 125 Å². The number of hydrogen-bond acceptors (Lipinski definition) is 4. The molecule has 0 atom stereocenters. The Kier molecular flexibility index (Phi) is 10.1. The predicted molar refractivity (Wildman–Crippen MR) is 81.4 cm³/mol. The molecule has 0 aliphatic carbocycles. The second-order valence-corrected chi connectivity index (χ2v) is 5.94. The third kappa shape index (κ3) is 7.20. The number of methoxy groups -OCH3 is 1. The topological polar surface area (TPSA) is 50.4 Å². The Morgan fingerprint density at radius 3 is 2.82 bits per heavy atom. The smallest absolute Gasteiger partial charge is 0.252 e. The molecule has 0 unspecified atom stereocenters. The van der Waals surface area contributed by atoms with Gasteiger partial charge in [-0.2, -0.15) is 0 Å². The summed E-state index contributed by atoms with van der Waals surface area (Å²) in [4.78, 5) is 11.6. The first-order valence-corrected chi connectivity index (χ1v) is 6.91. The Hall–Kier alpha value is 0.110. The van der Waals surface area contributed by atoms with Crippen LogP contribution in [-0.4, -0.2) is 39.3 Å². The summed E-state index contributed by atoms with van der Waals surface area (Å²) in [6, 6.07) is 1.89. The van der Waals surface area contributed by atoms with Crippen LogP contribution in [0.4, 0.5) is 0 Å². The monoisotopic (exact) mass is 390 g/mol. The van der Waals surface area contributed by atoms with Crippen LogP contribution in [0.25, 0.3) is 0 Å². The number of halogens is 2. The number of carbonyl (C=O) groups is 1. The third-order valence-corrected chi connectivity index (χ3v) is 3.69. The van der Waals surface area contributed by atoms with E-state index in [0.717, 1.165) is 21.5 Å². The number of amides is 1. The largest absolute Gasteiger partial charge is 0.383 e. The number of rotatable bonds is 7. The lowest BCUT2D eigenvalue weighted by Gasteiger charge is -2.05. The van der Waals surface area contributed by atoms with Gasteiger partial charge in [0.15, 0.2) is 0 Å². The lowest BCUT2D eigenvalue weighted by molar-refractivity contribution is 0.0954. The summed E-state index contributed by atoms with van der Waals surface area (Å²) in [5, 5.41) is 7.88. The SMILES string of the molecule is COCCNCCNC(=O)c1csc(I)c1.Cl. The van der Waals surface area contributed by atoms with Gasteiger partial charge in [-0.15, -0.1) is 23.7 Å². The predicted octanol–water partition coefficient (Wildman–Crippen LogP) is 1.74. The van der Waals surface area contributed by atoms with Gasteiger partial charge < -0.3 is 15.4 Å². The van der Waals surface area contributed by atoms with E-state index < -0.39 is 0 Å². The fraction of sp³-hybridized carbons (Fsp3) is 0.500. The molecule has 0 aromatic carbocycles. The highest BCUT2D eigenvalue weighted by atomic mass is 127. The molecule has 0 aliphatic heterocycles. The minimum absolute atomic E-state index is 0. The maximum atomic E-state index is 11.6. The van der Waals surface area contributed by atoms with E-state index in [2.05, 4.69) is 33.2 Å². The highest BCUT2D eigenvalue weighted by Crippen LogP contribution is 2.16. The molecule has 4 nitrogen and oxygen atoms in total. The Morgan fingerprint density at radius 1 is 1.47 bits per heavy atom. The van der Waals surface area contributed by atoms with Gasteiger partial charge in [-0.25, -0.2) is 0 Å². The van der Waals surface area contributed by atoms with Gasteiger partial charge in [-0.05, 0) is 28.7 Å². The average molecular weight is 391 g/mol.